The lowest BCUT2D eigenvalue weighted by molar-refractivity contribution is -0.121. The van der Waals surface area contributed by atoms with E-state index in [1.807, 2.05) is 42.6 Å². The first kappa shape index (κ1) is 24.0. The van der Waals surface area contributed by atoms with Gasteiger partial charge in [0.2, 0.25) is 5.91 Å². The number of methoxy groups -OCH3 is 2. The lowest BCUT2D eigenvalue weighted by Crippen LogP contribution is -2.26. The Morgan fingerprint density at radius 2 is 1.78 bits per heavy atom. The minimum Gasteiger partial charge on any atom is -0.497 e. The van der Waals surface area contributed by atoms with Crippen molar-refractivity contribution in [1.29, 1.82) is 0 Å². The monoisotopic (exact) mass is 457 g/mol. The van der Waals surface area contributed by atoms with Gasteiger partial charge in [0.1, 0.15) is 11.5 Å². The fourth-order valence-electron chi connectivity index (χ4n) is 3.95. The molecule has 0 aliphatic carbocycles. The van der Waals surface area contributed by atoms with Crippen LogP contribution >= 0.6 is 11.6 Å². The maximum absolute atomic E-state index is 12.9. The van der Waals surface area contributed by atoms with Crippen molar-refractivity contribution in [3.63, 3.8) is 0 Å². The molecule has 172 valence electrons. The Kier molecular flexibility index (Phi) is 8.82. The van der Waals surface area contributed by atoms with Crippen molar-refractivity contribution in [2.75, 3.05) is 27.3 Å². The number of hydrogen-bond acceptors (Lipinski definition) is 4. The number of H-pyrrole nitrogens is 1. The molecule has 0 spiro atoms. The van der Waals surface area contributed by atoms with E-state index in [0.29, 0.717) is 36.0 Å². The molecular weight excluding hydrogens is 426 g/mol. The van der Waals surface area contributed by atoms with E-state index < -0.39 is 0 Å². The van der Waals surface area contributed by atoms with Crippen molar-refractivity contribution >= 4 is 28.4 Å². The topological polar surface area (TPSA) is 89.4 Å². The third kappa shape index (κ3) is 6.17. The molecule has 0 aliphatic heterocycles. The molecule has 1 unspecified atom stereocenters. The zero-order valence-electron chi connectivity index (χ0n) is 18.7. The molecule has 1 heterocycles. The van der Waals surface area contributed by atoms with Gasteiger partial charge < -0.3 is 25.5 Å². The standard InChI is InChI=1S/C25H32ClN3O3/c1-31-19-11-17(12-20(14-19)32-2)21(15-25(30)28-10-6-4-3-5-9-27)23-16-29-24-8-7-18(26)13-22(23)24/h7-8,11-14,16,21,29H,3-6,9-10,15,27H2,1-2H3,(H,28,30). The van der Waals surface area contributed by atoms with Crippen LogP contribution in [-0.4, -0.2) is 38.2 Å². The Balaban J connectivity index is 1.87. The van der Waals surface area contributed by atoms with Crippen LogP contribution in [0.25, 0.3) is 10.9 Å². The summed E-state index contributed by atoms with van der Waals surface area (Å²) in [5, 5.41) is 4.72. The van der Waals surface area contributed by atoms with Gasteiger partial charge >= 0.3 is 0 Å². The van der Waals surface area contributed by atoms with Crippen molar-refractivity contribution in [3.05, 3.63) is 58.7 Å². The van der Waals surface area contributed by atoms with Gasteiger partial charge in [0.15, 0.2) is 0 Å². The minimum absolute atomic E-state index is 0.00647. The number of aromatic nitrogens is 1. The number of fused-ring (bicyclic) bond motifs is 1. The molecule has 0 saturated carbocycles. The van der Waals surface area contributed by atoms with Gasteiger partial charge in [0.05, 0.1) is 14.2 Å². The summed E-state index contributed by atoms with van der Waals surface area (Å²) >= 11 is 6.28. The summed E-state index contributed by atoms with van der Waals surface area (Å²) in [6, 6.07) is 11.5. The molecular formula is C25H32ClN3O3. The summed E-state index contributed by atoms with van der Waals surface area (Å²) in [5.74, 6) is 1.18. The van der Waals surface area contributed by atoms with E-state index >= 15 is 0 Å². The number of benzene rings is 2. The fourth-order valence-corrected chi connectivity index (χ4v) is 4.12. The number of hydrogen-bond donors (Lipinski definition) is 3. The molecule has 32 heavy (non-hydrogen) atoms. The molecule has 0 bridgehead atoms. The smallest absolute Gasteiger partial charge is 0.220 e. The largest absolute Gasteiger partial charge is 0.497 e. The molecule has 0 saturated heterocycles. The second kappa shape index (κ2) is 11.8. The average Bonchev–Trinajstić information content (AvgIpc) is 3.22. The van der Waals surface area contributed by atoms with E-state index in [4.69, 9.17) is 26.8 Å². The summed E-state index contributed by atoms with van der Waals surface area (Å²) in [7, 11) is 3.24. The first-order chi connectivity index (χ1) is 15.5. The van der Waals surface area contributed by atoms with Gasteiger partial charge in [-0.2, -0.15) is 0 Å². The summed E-state index contributed by atoms with van der Waals surface area (Å²) in [5.41, 5.74) is 8.47. The minimum atomic E-state index is -0.191. The van der Waals surface area contributed by atoms with Crippen molar-refractivity contribution in [1.82, 2.24) is 10.3 Å². The number of aromatic amines is 1. The molecule has 6 nitrogen and oxygen atoms in total. The van der Waals surface area contributed by atoms with E-state index in [0.717, 1.165) is 47.7 Å². The number of nitrogens with two attached hydrogens (primary N) is 1. The SMILES string of the molecule is COc1cc(OC)cc(C(CC(=O)NCCCCCCN)c2c[nH]c3ccc(Cl)cc23)c1. The van der Waals surface area contributed by atoms with Crippen LogP contribution in [0.15, 0.2) is 42.6 Å². The second-order valence-electron chi connectivity index (χ2n) is 7.89. The number of nitrogens with one attached hydrogen (secondary N) is 2. The van der Waals surface area contributed by atoms with Crippen LogP contribution < -0.4 is 20.5 Å². The maximum atomic E-state index is 12.9. The Morgan fingerprint density at radius 1 is 1.06 bits per heavy atom. The van der Waals surface area contributed by atoms with E-state index in [1.165, 1.54) is 0 Å². The van der Waals surface area contributed by atoms with Gasteiger partial charge in [-0.25, -0.2) is 0 Å². The van der Waals surface area contributed by atoms with Crippen molar-refractivity contribution < 1.29 is 14.3 Å². The van der Waals surface area contributed by atoms with Crippen molar-refractivity contribution in [3.8, 4) is 11.5 Å². The Labute approximate surface area is 194 Å². The van der Waals surface area contributed by atoms with Gasteiger partial charge in [0.25, 0.3) is 0 Å². The summed E-state index contributed by atoms with van der Waals surface area (Å²) in [6.07, 6.45) is 6.39. The number of rotatable bonds is 12. The summed E-state index contributed by atoms with van der Waals surface area (Å²) < 4.78 is 10.9. The van der Waals surface area contributed by atoms with Crippen LogP contribution in [0.4, 0.5) is 0 Å². The molecule has 0 fully saturated rings. The van der Waals surface area contributed by atoms with E-state index in [1.54, 1.807) is 14.2 Å². The van der Waals surface area contributed by atoms with Gasteiger partial charge in [-0.3, -0.25) is 4.79 Å². The highest BCUT2D eigenvalue weighted by Crippen LogP contribution is 2.37. The molecule has 2 aromatic carbocycles. The molecule has 1 aromatic heterocycles. The first-order valence-corrected chi connectivity index (χ1v) is 11.4. The zero-order valence-corrected chi connectivity index (χ0v) is 19.5. The first-order valence-electron chi connectivity index (χ1n) is 11.0. The van der Waals surface area contributed by atoms with Gasteiger partial charge in [0, 0.05) is 47.1 Å². The Bertz CT molecular complexity index is 1010. The Morgan fingerprint density at radius 3 is 2.47 bits per heavy atom. The number of ether oxygens (including phenoxy) is 2. The van der Waals surface area contributed by atoms with Crippen molar-refractivity contribution in [2.45, 2.75) is 38.0 Å². The number of halogens is 1. The average molecular weight is 458 g/mol. The zero-order chi connectivity index (χ0) is 22.9. The van der Waals surface area contributed by atoms with Crippen LogP contribution in [0, 0.1) is 0 Å². The van der Waals surface area contributed by atoms with Gasteiger partial charge in [-0.15, -0.1) is 0 Å². The van der Waals surface area contributed by atoms with E-state index in [2.05, 4.69) is 10.3 Å². The molecule has 7 heteroatoms. The van der Waals surface area contributed by atoms with Crippen LogP contribution in [0.3, 0.4) is 0 Å². The molecule has 0 radical (unpaired) electrons. The predicted molar refractivity (Wildman–Crippen MR) is 130 cm³/mol. The summed E-state index contributed by atoms with van der Waals surface area (Å²) in [6.45, 7) is 1.38. The molecule has 3 rings (SSSR count). The normalized spacial score (nSPS) is 12.0. The molecule has 3 aromatic rings. The fraction of sp³-hybridized carbons (Fsp3) is 0.400. The summed E-state index contributed by atoms with van der Waals surface area (Å²) in [4.78, 5) is 16.2. The number of unbranched alkanes of at least 4 members (excludes halogenated alkanes) is 3. The second-order valence-corrected chi connectivity index (χ2v) is 8.33. The van der Waals surface area contributed by atoms with Crippen molar-refractivity contribution in [2.24, 2.45) is 5.73 Å². The highest BCUT2D eigenvalue weighted by atomic mass is 35.5. The Hall–Kier alpha value is -2.70. The number of carbonyl (C=O) groups excluding carboxylic acids is 1. The van der Waals surface area contributed by atoms with Gasteiger partial charge in [-0.1, -0.05) is 24.4 Å². The number of amides is 1. The molecule has 1 amide bonds. The lowest BCUT2D eigenvalue weighted by Gasteiger charge is -2.19. The third-order valence-corrected chi connectivity index (χ3v) is 5.91. The van der Waals surface area contributed by atoms with Crippen LogP contribution in [0.5, 0.6) is 11.5 Å². The highest BCUT2D eigenvalue weighted by Gasteiger charge is 2.23. The lowest BCUT2D eigenvalue weighted by atomic mass is 9.87. The van der Waals surface area contributed by atoms with E-state index in [9.17, 15) is 4.79 Å². The molecule has 1 atom stereocenters. The maximum Gasteiger partial charge on any atom is 0.220 e. The highest BCUT2D eigenvalue weighted by molar-refractivity contribution is 6.31. The van der Waals surface area contributed by atoms with Crippen LogP contribution in [-0.2, 0) is 4.79 Å². The quantitative estimate of drug-likeness (QED) is 0.334. The molecule has 4 N–H and O–H groups in total. The predicted octanol–water partition coefficient (Wildman–Crippen LogP) is 5.00. The number of carbonyl (C=O) groups is 1. The van der Waals surface area contributed by atoms with E-state index in [-0.39, 0.29) is 11.8 Å². The van der Waals surface area contributed by atoms with Crippen LogP contribution in [0.1, 0.15) is 49.1 Å². The molecule has 0 aliphatic rings. The van der Waals surface area contributed by atoms with Crippen LogP contribution in [0.2, 0.25) is 5.02 Å². The van der Waals surface area contributed by atoms with Gasteiger partial charge in [-0.05, 0) is 60.8 Å². The third-order valence-electron chi connectivity index (χ3n) is 5.67.